The van der Waals surface area contributed by atoms with E-state index in [1.807, 2.05) is 0 Å². The number of sulfone groups is 2. The molecule has 0 aromatic rings. The number of alkyl halides is 2. The fourth-order valence-electron chi connectivity index (χ4n) is 0.820. The SMILES string of the molecule is CC(Cl)S(=O)(=O)CC[N]CCS(=O)(=O)C(C)Cl. The van der Waals surface area contributed by atoms with Gasteiger partial charge in [-0.3, -0.25) is 0 Å². The molecule has 0 amide bonds. The maximum absolute atomic E-state index is 11.3. The van der Waals surface area contributed by atoms with Crippen LogP contribution in [-0.2, 0) is 19.7 Å². The van der Waals surface area contributed by atoms with Crippen LogP contribution in [0.15, 0.2) is 0 Å². The normalized spacial score (nSPS) is 16.7. The second kappa shape index (κ2) is 7.13. The monoisotopic (exact) mass is 324 g/mol. The van der Waals surface area contributed by atoms with Crippen molar-refractivity contribution in [2.45, 2.75) is 23.3 Å². The number of nitrogens with zero attached hydrogens (tertiary/aromatic N) is 1. The molecule has 0 fully saturated rings. The molecule has 5 nitrogen and oxygen atoms in total. The standard InChI is InChI=1S/C8H16Cl2NO4S2/c1-7(9)16(12,13)5-3-11-4-6-17(14,15)8(2)10/h7-8H,3-6H2,1-2H3. The van der Waals surface area contributed by atoms with Crippen LogP contribution < -0.4 is 5.32 Å². The van der Waals surface area contributed by atoms with Crippen molar-refractivity contribution in [2.75, 3.05) is 24.6 Å². The lowest BCUT2D eigenvalue weighted by Crippen LogP contribution is -2.27. The molecule has 0 N–H and O–H groups in total. The van der Waals surface area contributed by atoms with Crippen molar-refractivity contribution in [3.63, 3.8) is 0 Å². The van der Waals surface area contributed by atoms with Crippen molar-refractivity contribution in [3.8, 4) is 0 Å². The molecule has 9 heteroatoms. The van der Waals surface area contributed by atoms with Crippen LogP contribution in [0.1, 0.15) is 13.8 Å². The Balaban J connectivity index is 3.90. The van der Waals surface area contributed by atoms with E-state index in [9.17, 15) is 16.8 Å². The zero-order chi connectivity index (χ0) is 13.7. The van der Waals surface area contributed by atoms with E-state index in [1.54, 1.807) is 0 Å². The van der Waals surface area contributed by atoms with E-state index in [-0.39, 0.29) is 24.6 Å². The fraction of sp³-hybridized carbons (Fsp3) is 1.00. The molecule has 0 rings (SSSR count). The molecule has 0 heterocycles. The second-order valence-corrected chi connectivity index (χ2v) is 10.2. The molecular formula is C8H16Cl2NO4S2. The highest BCUT2D eigenvalue weighted by Crippen LogP contribution is 2.06. The third kappa shape index (κ3) is 6.81. The van der Waals surface area contributed by atoms with Crippen molar-refractivity contribution in [2.24, 2.45) is 0 Å². The largest absolute Gasteiger partial charge is 0.240 e. The van der Waals surface area contributed by atoms with Gasteiger partial charge in [-0.1, -0.05) is 0 Å². The summed E-state index contributed by atoms with van der Waals surface area (Å²) in [5.41, 5.74) is 0. The molecule has 0 bridgehead atoms. The van der Waals surface area contributed by atoms with Crippen LogP contribution in [-0.4, -0.2) is 50.8 Å². The van der Waals surface area contributed by atoms with E-state index in [4.69, 9.17) is 23.2 Å². The number of halogens is 2. The number of hydrogen-bond donors (Lipinski definition) is 0. The zero-order valence-electron chi connectivity index (χ0n) is 9.64. The zero-order valence-corrected chi connectivity index (χ0v) is 12.8. The van der Waals surface area contributed by atoms with E-state index in [0.29, 0.717) is 0 Å². The van der Waals surface area contributed by atoms with E-state index in [0.717, 1.165) is 0 Å². The Morgan fingerprint density at radius 3 is 1.41 bits per heavy atom. The lowest BCUT2D eigenvalue weighted by atomic mass is 10.7. The van der Waals surface area contributed by atoms with E-state index >= 15 is 0 Å². The first kappa shape index (κ1) is 17.4. The lowest BCUT2D eigenvalue weighted by Gasteiger charge is -2.07. The van der Waals surface area contributed by atoms with Gasteiger partial charge in [0.1, 0.15) is 9.42 Å². The number of rotatable bonds is 8. The summed E-state index contributed by atoms with van der Waals surface area (Å²) in [6, 6.07) is 0. The van der Waals surface area contributed by atoms with Crippen LogP contribution in [0, 0.1) is 0 Å². The smallest absolute Gasteiger partial charge is 0.168 e. The van der Waals surface area contributed by atoms with Crippen LogP contribution in [0.4, 0.5) is 0 Å². The molecule has 0 saturated heterocycles. The highest BCUT2D eigenvalue weighted by molar-refractivity contribution is 7.93. The van der Waals surface area contributed by atoms with Gasteiger partial charge >= 0.3 is 0 Å². The molecule has 0 aliphatic heterocycles. The molecule has 0 spiro atoms. The summed E-state index contributed by atoms with van der Waals surface area (Å²) in [6.07, 6.45) is 0. The van der Waals surface area contributed by atoms with Crippen LogP contribution in [0.25, 0.3) is 0 Å². The average Bonchev–Trinajstić information content (AvgIpc) is 2.16. The Morgan fingerprint density at radius 2 is 1.18 bits per heavy atom. The quantitative estimate of drug-likeness (QED) is 0.483. The van der Waals surface area contributed by atoms with Crippen LogP contribution in [0.2, 0.25) is 0 Å². The van der Waals surface area contributed by atoms with Gasteiger partial charge in [-0.15, -0.1) is 23.2 Å². The van der Waals surface area contributed by atoms with Gasteiger partial charge in [-0.2, -0.15) is 0 Å². The van der Waals surface area contributed by atoms with Crippen molar-refractivity contribution >= 4 is 42.9 Å². The van der Waals surface area contributed by atoms with Gasteiger partial charge in [0, 0.05) is 13.1 Å². The Morgan fingerprint density at radius 1 is 0.882 bits per heavy atom. The molecule has 0 saturated carbocycles. The highest BCUT2D eigenvalue weighted by atomic mass is 35.5. The summed E-state index contributed by atoms with van der Waals surface area (Å²) in [5.74, 6) is -0.345. The first-order valence-corrected chi connectivity index (χ1v) is 9.24. The van der Waals surface area contributed by atoms with Gasteiger partial charge in [0.25, 0.3) is 0 Å². The molecule has 0 aromatic carbocycles. The Kier molecular flexibility index (Phi) is 7.32. The van der Waals surface area contributed by atoms with Crippen LogP contribution >= 0.6 is 23.2 Å². The first-order chi connectivity index (χ1) is 7.59. The van der Waals surface area contributed by atoms with E-state index in [2.05, 4.69) is 5.32 Å². The van der Waals surface area contributed by atoms with Gasteiger partial charge < -0.3 is 0 Å². The van der Waals surface area contributed by atoms with Gasteiger partial charge in [0.15, 0.2) is 19.7 Å². The third-order valence-electron chi connectivity index (χ3n) is 2.06. The predicted octanol–water partition coefficient (Wildman–Crippen LogP) is 0.590. The summed E-state index contributed by atoms with van der Waals surface area (Å²) in [4.78, 5) is 0. The Hall–Kier alpha value is 0.440. The summed E-state index contributed by atoms with van der Waals surface area (Å²) in [6.45, 7) is 2.84. The molecule has 2 unspecified atom stereocenters. The Labute approximate surface area is 113 Å². The van der Waals surface area contributed by atoms with Gasteiger partial charge in [-0.05, 0) is 13.8 Å². The molecule has 0 aliphatic carbocycles. The van der Waals surface area contributed by atoms with Crippen LogP contribution in [0.5, 0.6) is 0 Å². The number of hydrogen-bond acceptors (Lipinski definition) is 4. The minimum absolute atomic E-state index is 0.0472. The van der Waals surface area contributed by atoms with Crippen LogP contribution in [0.3, 0.4) is 0 Å². The summed E-state index contributed by atoms with van der Waals surface area (Å²) < 4.78 is 43.2. The van der Waals surface area contributed by atoms with Crippen molar-refractivity contribution in [3.05, 3.63) is 0 Å². The fourth-order valence-corrected chi connectivity index (χ4v) is 2.77. The minimum Gasteiger partial charge on any atom is -0.240 e. The van der Waals surface area contributed by atoms with Gasteiger partial charge in [-0.25, -0.2) is 22.2 Å². The molecule has 0 aliphatic rings. The summed E-state index contributed by atoms with van der Waals surface area (Å²) in [7, 11) is -6.67. The van der Waals surface area contributed by atoms with E-state index in [1.165, 1.54) is 13.8 Å². The van der Waals surface area contributed by atoms with Crippen molar-refractivity contribution < 1.29 is 16.8 Å². The molecular weight excluding hydrogens is 309 g/mol. The molecule has 2 atom stereocenters. The lowest BCUT2D eigenvalue weighted by molar-refractivity contribution is 0.585. The van der Waals surface area contributed by atoms with Gasteiger partial charge in [0.2, 0.25) is 0 Å². The molecule has 17 heavy (non-hydrogen) atoms. The highest BCUT2D eigenvalue weighted by Gasteiger charge is 2.19. The Bertz CT molecular complexity index is 377. The molecule has 103 valence electrons. The van der Waals surface area contributed by atoms with Gasteiger partial charge in [0.05, 0.1) is 11.5 Å². The maximum Gasteiger partial charge on any atom is 0.168 e. The van der Waals surface area contributed by atoms with Crippen molar-refractivity contribution in [1.82, 2.24) is 5.32 Å². The predicted molar refractivity (Wildman–Crippen MR) is 70.1 cm³/mol. The van der Waals surface area contributed by atoms with E-state index < -0.39 is 29.1 Å². The minimum atomic E-state index is -3.33. The van der Waals surface area contributed by atoms with Crippen molar-refractivity contribution in [1.29, 1.82) is 0 Å². The molecule has 0 aromatic heterocycles. The third-order valence-corrected chi connectivity index (χ3v) is 7.17. The first-order valence-electron chi connectivity index (χ1n) is 4.94. The average molecular weight is 325 g/mol. The second-order valence-electron chi connectivity index (χ2n) is 3.49. The summed E-state index contributed by atoms with van der Waals surface area (Å²) >= 11 is 10.9. The maximum atomic E-state index is 11.3. The molecule has 1 radical (unpaired) electrons. The topological polar surface area (TPSA) is 82.4 Å². The summed E-state index contributed by atoms with van der Waals surface area (Å²) in [5, 5.41) is 3.83.